The highest BCUT2D eigenvalue weighted by atomic mass is 79.9. The van der Waals surface area contributed by atoms with Crippen molar-refractivity contribution in [3.63, 3.8) is 0 Å². The number of carboxylic acids is 1. The van der Waals surface area contributed by atoms with Gasteiger partial charge in [-0.3, -0.25) is 9.69 Å². The van der Waals surface area contributed by atoms with E-state index in [1.165, 1.54) is 0 Å². The number of nitrogens with zero attached hydrogens (tertiary/aromatic N) is 1. The zero-order chi connectivity index (χ0) is 10.8. The Hall–Kier alpha value is -0.870. The van der Waals surface area contributed by atoms with E-state index in [-0.39, 0.29) is 6.04 Å². The van der Waals surface area contributed by atoms with Gasteiger partial charge in [0, 0.05) is 17.6 Å². The maximum absolute atomic E-state index is 10.8. The molecule has 0 aromatic heterocycles. The van der Waals surface area contributed by atoms with Crippen LogP contribution in [0.15, 0.2) is 28.7 Å². The SMILES string of the molecule is O=C(O)[C@H]1CCN1Cc1ccccc1Br. The third kappa shape index (κ3) is 2.21. The Morgan fingerprint density at radius 2 is 2.27 bits per heavy atom. The van der Waals surface area contributed by atoms with Crippen LogP contribution in [-0.2, 0) is 11.3 Å². The largest absolute Gasteiger partial charge is 0.480 e. The molecule has 2 rings (SSSR count). The van der Waals surface area contributed by atoms with E-state index in [0.29, 0.717) is 6.54 Å². The summed E-state index contributed by atoms with van der Waals surface area (Å²) in [6.07, 6.45) is 0.764. The number of likely N-dealkylation sites (tertiary alicyclic amines) is 1. The molecule has 1 aliphatic rings. The summed E-state index contributed by atoms with van der Waals surface area (Å²) < 4.78 is 1.04. The average molecular weight is 270 g/mol. The van der Waals surface area contributed by atoms with E-state index < -0.39 is 5.97 Å². The predicted octanol–water partition coefficient (Wildman–Crippen LogP) is 2.11. The van der Waals surface area contributed by atoms with E-state index in [1.807, 2.05) is 29.2 Å². The molecule has 1 aromatic rings. The molecule has 1 aromatic carbocycles. The summed E-state index contributed by atoms with van der Waals surface area (Å²) in [4.78, 5) is 12.8. The molecule has 1 aliphatic heterocycles. The van der Waals surface area contributed by atoms with Crippen LogP contribution in [0, 0.1) is 0 Å². The zero-order valence-electron chi connectivity index (χ0n) is 8.19. The molecule has 1 saturated heterocycles. The Morgan fingerprint density at radius 3 is 2.80 bits per heavy atom. The molecule has 0 bridgehead atoms. The second kappa shape index (κ2) is 4.33. The average Bonchev–Trinajstić information content (AvgIpc) is 2.13. The van der Waals surface area contributed by atoms with Gasteiger partial charge >= 0.3 is 5.97 Å². The van der Waals surface area contributed by atoms with Crippen LogP contribution in [0.1, 0.15) is 12.0 Å². The number of halogens is 1. The van der Waals surface area contributed by atoms with E-state index in [0.717, 1.165) is 23.0 Å². The Balaban J connectivity index is 2.04. The smallest absolute Gasteiger partial charge is 0.320 e. The third-order valence-electron chi connectivity index (χ3n) is 2.75. The first-order chi connectivity index (χ1) is 7.18. The third-order valence-corrected chi connectivity index (χ3v) is 3.52. The molecule has 0 aliphatic carbocycles. The van der Waals surface area contributed by atoms with Gasteiger partial charge in [0.15, 0.2) is 0 Å². The van der Waals surface area contributed by atoms with Gasteiger partial charge in [0.2, 0.25) is 0 Å². The summed E-state index contributed by atoms with van der Waals surface area (Å²) in [5, 5.41) is 8.90. The second-order valence-electron chi connectivity index (χ2n) is 3.70. The Bertz CT molecular complexity index is 381. The maximum Gasteiger partial charge on any atom is 0.320 e. The van der Waals surface area contributed by atoms with Crippen molar-refractivity contribution in [3.8, 4) is 0 Å². The van der Waals surface area contributed by atoms with Crippen LogP contribution in [-0.4, -0.2) is 28.6 Å². The van der Waals surface area contributed by atoms with E-state index >= 15 is 0 Å². The molecular weight excluding hydrogens is 258 g/mol. The summed E-state index contributed by atoms with van der Waals surface area (Å²) in [5.74, 6) is -0.715. The lowest BCUT2D eigenvalue weighted by Gasteiger charge is -2.38. The monoisotopic (exact) mass is 269 g/mol. The maximum atomic E-state index is 10.8. The fraction of sp³-hybridized carbons (Fsp3) is 0.364. The standard InChI is InChI=1S/C11H12BrNO2/c12-9-4-2-1-3-8(9)7-13-6-5-10(13)11(14)15/h1-4,10H,5-7H2,(H,14,15)/t10-/m1/s1. The van der Waals surface area contributed by atoms with Gasteiger partial charge in [-0.1, -0.05) is 34.1 Å². The molecule has 0 unspecified atom stereocenters. The van der Waals surface area contributed by atoms with E-state index in [4.69, 9.17) is 5.11 Å². The minimum atomic E-state index is -0.715. The van der Waals surface area contributed by atoms with Crippen LogP contribution in [0.4, 0.5) is 0 Å². The van der Waals surface area contributed by atoms with Crippen LogP contribution < -0.4 is 0 Å². The number of benzene rings is 1. The molecule has 0 radical (unpaired) electrons. The van der Waals surface area contributed by atoms with E-state index in [9.17, 15) is 4.79 Å². The van der Waals surface area contributed by atoms with Gasteiger partial charge in [0.25, 0.3) is 0 Å². The molecule has 3 nitrogen and oxygen atoms in total. The first kappa shape index (κ1) is 10.6. The highest BCUT2D eigenvalue weighted by molar-refractivity contribution is 9.10. The summed E-state index contributed by atoms with van der Waals surface area (Å²) in [5.41, 5.74) is 1.14. The van der Waals surface area contributed by atoms with E-state index in [1.54, 1.807) is 0 Å². The minimum Gasteiger partial charge on any atom is -0.480 e. The molecule has 0 amide bonds. The van der Waals surface area contributed by atoms with Gasteiger partial charge in [-0.05, 0) is 18.1 Å². The molecule has 15 heavy (non-hydrogen) atoms. The molecule has 0 saturated carbocycles. The minimum absolute atomic E-state index is 0.294. The molecule has 1 atom stereocenters. The molecule has 80 valence electrons. The van der Waals surface area contributed by atoms with Gasteiger partial charge in [0.1, 0.15) is 6.04 Å². The molecule has 1 N–H and O–H groups in total. The molecule has 4 heteroatoms. The number of hydrogen-bond acceptors (Lipinski definition) is 2. The predicted molar refractivity (Wildman–Crippen MR) is 60.6 cm³/mol. The van der Waals surface area contributed by atoms with Crippen molar-refractivity contribution in [2.75, 3.05) is 6.54 Å². The highest BCUT2D eigenvalue weighted by Gasteiger charge is 2.33. The summed E-state index contributed by atoms with van der Waals surface area (Å²) in [6.45, 7) is 1.58. The summed E-state index contributed by atoms with van der Waals surface area (Å²) >= 11 is 3.46. The molecule has 1 heterocycles. The lowest BCUT2D eigenvalue weighted by atomic mass is 10.0. The Morgan fingerprint density at radius 1 is 1.53 bits per heavy atom. The van der Waals surface area contributed by atoms with Crippen molar-refractivity contribution in [2.45, 2.75) is 19.0 Å². The van der Waals surface area contributed by atoms with Gasteiger partial charge in [-0.2, -0.15) is 0 Å². The van der Waals surface area contributed by atoms with Gasteiger partial charge in [-0.15, -0.1) is 0 Å². The topological polar surface area (TPSA) is 40.5 Å². The Labute approximate surface area is 96.8 Å². The normalized spacial score (nSPS) is 21.0. The van der Waals surface area contributed by atoms with Crippen molar-refractivity contribution in [3.05, 3.63) is 34.3 Å². The van der Waals surface area contributed by atoms with Gasteiger partial charge < -0.3 is 5.11 Å². The van der Waals surface area contributed by atoms with Gasteiger partial charge in [-0.25, -0.2) is 0 Å². The molecule has 1 fully saturated rings. The van der Waals surface area contributed by atoms with Crippen molar-refractivity contribution in [1.82, 2.24) is 4.90 Å². The first-order valence-corrected chi connectivity index (χ1v) is 5.68. The van der Waals surface area contributed by atoms with Crippen molar-refractivity contribution in [2.24, 2.45) is 0 Å². The van der Waals surface area contributed by atoms with Crippen LogP contribution in [0.3, 0.4) is 0 Å². The quantitative estimate of drug-likeness (QED) is 0.914. The number of carbonyl (C=O) groups is 1. The zero-order valence-corrected chi connectivity index (χ0v) is 9.77. The number of hydrogen-bond donors (Lipinski definition) is 1. The summed E-state index contributed by atoms with van der Waals surface area (Å²) in [6, 6.07) is 7.62. The molecular formula is C11H12BrNO2. The fourth-order valence-electron chi connectivity index (χ4n) is 1.76. The number of aliphatic carboxylic acids is 1. The van der Waals surface area contributed by atoms with Crippen molar-refractivity contribution < 1.29 is 9.90 Å². The van der Waals surface area contributed by atoms with Crippen LogP contribution in [0.2, 0.25) is 0 Å². The Kier molecular flexibility index (Phi) is 3.07. The highest BCUT2D eigenvalue weighted by Crippen LogP contribution is 2.24. The van der Waals surface area contributed by atoms with E-state index in [2.05, 4.69) is 15.9 Å². The lowest BCUT2D eigenvalue weighted by Crippen LogP contribution is -2.51. The van der Waals surface area contributed by atoms with Crippen LogP contribution >= 0.6 is 15.9 Å². The second-order valence-corrected chi connectivity index (χ2v) is 4.56. The van der Waals surface area contributed by atoms with Crippen LogP contribution in [0.25, 0.3) is 0 Å². The van der Waals surface area contributed by atoms with Gasteiger partial charge in [0.05, 0.1) is 0 Å². The lowest BCUT2D eigenvalue weighted by molar-refractivity contribution is -0.148. The fourth-order valence-corrected chi connectivity index (χ4v) is 2.17. The van der Waals surface area contributed by atoms with Crippen molar-refractivity contribution >= 4 is 21.9 Å². The number of carboxylic acid groups (broad SMARTS) is 1. The first-order valence-electron chi connectivity index (χ1n) is 4.89. The van der Waals surface area contributed by atoms with Crippen molar-refractivity contribution in [1.29, 1.82) is 0 Å². The number of rotatable bonds is 3. The van der Waals surface area contributed by atoms with Crippen LogP contribution in [0.5, 0.6) is 0 Å². The molecule has 0 spiro atoms. The summed E-state index contributed by atoms with van der Waals surface area (Å²) in [7, 11) is 0.